The number of unbranched alkanes of at least 4 members (excludes halogenated alkanes) is 1. The first-order chi connectivity index (χ1) is 6.37. The highest BCUT2D eigenvalue weighted by molar-refractivity contribution is 5.78. The summed E-state index contributed by atoms with van der Waals surface area (Å²) >= 11 is 0. The van der Waals surface area contributed by atoms with Gasteiger partial charge in [-0.2, -0.15) is 0 Å². The van der Waals surface area contributed by atoms with Gasteiger partial charge < -0.3 is 10.4 Å². The molecule has 14 heavy (non-hydrogen) atoms. The number of aliphatic carboxylic acids is 1. The number of hydrogen-bond acceptors (Lipinski definition) is 2. The molecule has 0 unspecified atom stereocenters. The van der Waals surface area contributed by atoms with E-state index in [9.17, 15) is 9.59 Å². The Kier molecular flexibility index (Phi) is 5.20. The summed E-state index contributed by atoms with van der Waals surface area (Å²) in [6.45, 7) is 5.44. The van der Waals surface area contributed by atoms with E-state index in [1.165, 1.54) is 0 Å². The average molecular weight is 201 g/mol. The summed E-state index contributed by atoms with van der Waals surface area (Å²) in [4.78, 5) is 21.8. The van der Waals surface area contributed by atoms with Crippen molar-refractivity contribution >= 4 is 11.9 Å². The second-order valence-electron chi connectivity index (χ2n) is 4.11. The van der Waals surface area contributed by atoms with Crippen molar-refractivity contribution in [2.75, 3.05) is 0 Å². The number of nitrogens with one attached hydrogen (secondary N) is 1. The van der Waals surface area contributed by atoms with E-state index in [1.54, 1.807) is 13.8 Å². The number of carbonyl (C=O) groups excluding carboxylic acids is 1. The van der Waals surface area contributed by atoms with E-state index < -0.39 is 11.5 Å². The Hall–Kier alpha value is -1.06. The lowest BCUT2D eigenvalue weighted by atomic mass is 10.0. The van der Waals surface area contributed by atoms with E-state index in [1.807, 2.05) is 6.92 Å². The van der Waals surface area contributed by atoms with Crippen molar-refractivity contribution < 1.29 is 14.7 Å². The molecule has 0 radical (unpaired) electrons. The Morgan fingerprint density at radius 1 is 1.36 bits per heavy atom. The summed E-state index contributed by atoms with van der Waals surface area (Å²) in [6.07, 6.45) is 2.23. The van der Waals surface area contributed by atoms with E-state index in [-0.39, 0.29) is 12.3 Å². The molecular weight excluding hydrogens is 182 g/mol. The molecule has 0 aliphatic carbocycles. The Labute approximate surface area is 84.7 Å². The highest BCUT2D eigenvalue weighted by atomic mass is 16.4. The van der Waals surface area contributed by atoms with Crippen molar-refractivity contribution in [3.05, 3.63) is 0 Å². The predicted molar refractivity (Wildman–Crippen MR) is 54.0 cm³/mol. The molecule has 0 aromatic heterocycles. The number of amides is 1. The molecule has 0 saturated carbocycles. The van der Waals surface area contributed by atoms with Gasteiger partial charge in [-0.3, -0.25) is 9.59 Å². The van der Waals surface area contributed by atoms with Crippen LogP contribution in [0.15, 0.2) is 0 Å². The van der Waals surface area contributed by atoms with Gasteiger partial charge in [0.2, 0.25) is 5.91 Å². The molecule has 0 aromatic carbocycles. The third-order valence-corrected chi connectivity index (χ3v) is 1.83. The number of hydrogen-bond donors (Lipinski definition) is 2. The number of carbonyl (C=O) groups is 2. The molecule has 0 aromatic rings. The number of carboxylic acids is 1. The maximum absolute atomic E-state index is 11.3. The van der Waals surface area contributed by atoms with E-state index in [2.05, 4.69) is 5.32 Å². The van der Waals surface area contributed by atoms with Crippen molar-refractivity contribution in [2.45, 2.75) is 52.0 Å². The maximum Gasteiger partial charge on any atom is 0.305 e. The standard InChI is InChI=1S/C10H19NO3/c1-4-5-6-8(12)11-10(2,3)7-9(13)14/h4-7H2,1-3H3,(H,11,12)(H,13,14). The van der Waals surface area contributed by atoms with Gasteiger partial charge in [0.15, 0.2) is 0 Å². The van der Waals surface area contributed by atoms with Crippen LogP contribution in [0.1, 0.15) is 46.5 Å². The number of rotatable bonds is 6. The first-order valence-electron chi connectivity index (χ1n) is 4.90. The summed E-state index contributed by atoms with van der Waals surface area (Å²) in [6, 6.07) is 0. The van der Waals surface area contributed by atoms with Crippen LogP contribution in [0.4, 0.5) is 0 Å². The van der Waals surface area contributed by atoms with Crippen LogP contribution in [0.25, 0.3) is 0 Å². The zero-order valence-electron chi connectivity index (χ0n) is 9.09. The monoisotopic (exact) mass is 201 g/mol. The second-order valence-corrected chi connectivity index (χ2v) is 4.11. The highest BCUT2D eigenvalue weighted by Gasteiger charge is 2.23. The summed E-state index contributed by atoms with van der Waals surface area (Å²) in [5.74, 6) is -0.969. The smallest absolute Gasteiger partial charge is 0.305 e. The predicted octanol–water partition coefficient (Wildman–Crippen LogP) is 1.55. The first kappa shape index (κ1) is 12.9. The van der Waals surface area contributed by atoms with Crippen LogP contribution >= 0.6 is 0 Å². The van der Waals surface area contributed by atoms with Crippen molar-refractivity contribution in [1.82, 2.24) is 5.32 Å². The maximum atomic E-state index is 11.3. The summed E-state index contributed by atoms with van der Waals surface area (Å²) < 4.78 is 0. The Bertz CT molecular complexity index is 211. The van der Waals surface area contributed by atoms with Gasteiger partial charge >= 0.3 is 5.97 Å². The molecule has 0 aliphatic heterocycles. The molecule has 0 bridgehead atoms. The minimum absolute atomic E-state index is 0.0507. The lowest BCUT2D eigenvalue weighted by Crippen LogP contribution is -2.44. The summed E-state index contributed by atoms with van der Waals surface area (Å²) in [5.41, 5.74) is -0.656. The average Bonchev–Trinajstić information content (AvgIpc) is 1.96. The molecule has 0 saturated heterocycles. The van der Waals surface area contributed by atoms with Crippen molar-refractivity contribution in [2.24, 2.45) is 0 Å². The molecule has 2 N–H and O–H groups in total. The van der Waals surface area contributed by atoms with Crippen molar-refractivity contribution in [3.63, 3.8) is 0 Å². The van der Waals surface area contributed by atoms with Crippen LogP contribution in [0.2, 0.25) is 0 Å². The third kappa shape index (κ3) is 6.46. The zero-order chi connectivity index (χ0) is 11.2. The van der Waals surface area contributed by atoms with Gasteiger partial charge in [0.05, 0.1) is 6.42 Å². The molecule has 0 heterocycles. The van der Waals surface area contributed by atoms with Crippen LogP contribution in [-0.2, 0) is 9.59 Å². The molecule has 4 nitrogen and oxygen atoms in total. The molecule has 4 heteroatoms. The molecule has 82 valence electrons. The van der Waals surface area contributed by atoms with E-state index >= 15 is 0 Å². The van der Waals surface area contributed by atoms with Gasteiger partial charge in [-0.1, -0.05) is 13.3 Å². The van der Waals surface area contributed by atoms with Crippen molar-refractivity contribution in [3.8, 4) is 0 Å². The fourth-order valence-electron chi connectivity index (χ4n) is 1.20. The van der Waals surface area contributed by atoms with Gasteiger partial charge in [0, 0.05) is 12.0 Å². The minimum atomic E-state index is -0.897. The van der Waals surface area contributed by atoms with Gasteiger partial charge in [-0.05, 0) is 20.3 Å². The van der Waals surface area contributed by atoms with Crippen LogP contribution in [0.5, 0.6) is 0 Å². The highest BCUT2D eigenvalue weighted by Crippen LogP contribution is 2.08. The minimum Gasteiger partial charge on any atom is -0.481 e. The fourth-order valence-corrected chi connectivity index (χ4v) is 1.20. The summed E-state index contributed by atoms with van der Waals surface area (Å²) in [5, 5.41) is 11.3. The largest absolute Gasteiger partial charge is 0.481 e. The molecule has 0 rings (SSSR count). The molecule has 0 atom stereocenters. The SMILES string of the molecule is CCCCC(=O)NC(C)(C)CC(=O)O. The normalized spacial score (nSPS) is 11.1. The van der Waals surface area contributed by atoms with Gasteiger partial charge in [0.1, 0.15) is 0 Å². The van der Waals surface area contributed by atoms with Crippen molar-refractivity contribution in [1.29, 1.82) is 0 Å². The Morgan fingerprint density at radius 2 is 1.93 bits per heavy atom. The van der Waals surface area contributed by atoms with Gasteiger partial charge in [0.25, 0.3) is 0 Å². The molecule has 0 spiro atoms. The van der Waals surface area contributed by atoms with Crippen LogP contribution in [0, 0.1) is 0 Å². The lowest BCUT2D eigenvalue weighted by molar-refractivity contribution is -0.138. The molecule has 1 amide bonds. The topological polar surface area (TPSA) is 66.4 Å². The van der Waals surface area contributed by atoms with Gasteiger partial charge in [-0.25, -0.2) is 0 Å². The lowest BCUT2D eigenvalue weighted by Gasteiger charge is -2.24. The second kappa shape index (κ2) is 5.62. The summed E-state index contributed by atoms with van der Waals surface area (Å²) in [7, 11) is 0. The van der Waals surface area contributed by atoms with E-state index in [4.69, 9.17) is 5.11 Å². The molecular formula is C10H19NO3. The molecule has 0 fully saturated rings. The van der Waals surface area contributed by atoms with E-state index in [0.29, 0.717) is 6.42 Å². The first-order valence-corrected chi connectivity index (χ1v) is 4.90. The van der Waals surface area contributed by atoms with Gasteiger partial charge in [-0.15, -0.1) is 0 Å². The quantitative estimate of drug-likeness (QED) is 0.685. The Balaban J connectivity index is 3.95. The third-order valence-electron chi connectivity index (χ3n) is 1.83. The van der Waals surface area contributed by atoms with E-state index in [0.717, 1.165) is 12.8 Å². The van der Waals surface area contributed by atoms with Crippen LogP contribution in [0.3, 0.4) is 0 Å². The molecule has 0 aliphatic rings. The Morgan fingerprint density at radius 3 is 2.36 bits per heavy atom. The fraction of sp³-hybridized carbons (Fsp3) is 0.800. The van der Waals surface area contributed by atoms with Crippen LogP contribution < -0.4 is 5.32 Å². The van der Waals surface area contributed by atoms with Crippen LogP contribution in [-0.4, -0.2) is 22.5 Å². The number of carboxylic acid groups (broad SMARTS) is 1. The zero-order valence-corrected chi connectivity index (χ0v) is 9.09.